The van der Waals surface area contributed by atoms with E-state index in [0.29, 0.717) is 11.1 Å². The molecular weight excluding hydrogens is 294 g/mol. The first-order valence-electron chi connectivity index (χ1n) is 5.90. The number of aromatic nitrogens is 4. The predicted molar refractivity (Wildman–Crippen MR) is 72.7 cm³/mol. The summed E-state index contributed by atoms with van der Waals surface area (Å²) in [5, 5.41) is 12.0. The lowest BCUT2D eigenvalue weighted by molar-refractivity contribution is 0.427. The summed E-state index contributed by atoms with van der Waals surface area (Å²) in [4.78, 5) is 0. The van der Waals surface area contributed by atoms with Crippen LogP contribution in [0.3, 0.4) is 0 Å². The van der Waals surface area contributed by atoms with Crippen LogP contribution in [0.2, 0.25) is 0 Å². The van der Waals surface area contributed by atoms with E-state index in [0.717, 1.165) is 22.4 Å². The zero-order chi connectivity index (χ0) is 12.8. The van der Waals surface area contributed by atoms with E-state index in [9.17, 15) is 0 Å². The molecule has 6 heteroatoms. The Morgan fingerprint density at radius 1 is 1.44 bits per heavy atom. The molecule has 18 heavy (non-hydrogen) atoms. The summed E-state index contributed by atoms with van der Waals surface area (Å²) in [6.07, 6.45) is 2.48. The molecule has 0 bridgehead atoms. The molecule has 1 saturated carbocycles. The fraction of sp³-hybridized carbons (Fsp3) is 0.417. The molecule has 2 N–H and O–H groups in total. The third-order valence-corrected chi connectivity index (χ3v) is 4.32. The van der Waals surface area contributed by atoms with Crippen LogP contribution in [-0.4, -0.2) is 20.2 Å². The van der Waals surface area contributed by atoms with Gasteiger partial charge in [0, 0.05) is 11.3 Å². The summed E-state index contributed by atoms with van der Waals surface area (Å²) in [5.74, 6) is 0.766. The number of hydrogen-bond acceptors (Lipinski definition) is 4. The van der Waals surface area contributed by atoms with Crippen molar-refractivity contribution < 1.29 is 0 Å². The van der Waals surface area contributed by atoms with E-state index in [1.165, 1.54) is 12.8 Å². The van der Waals surface area contributed by atoms with Gasteiger partial charge in [-0.1, -0.05) is 13.0 Å². The van der Waals surface area contributed by atoms with Crippen molar-refractivity contribution in [3.8, 4) is 11.4 Å². The minimum absolute atomic E-state index is 0.358. The number of nitrogen functional groups attached to an aromatic ring is 1. The summed E-state index contributed by atoms with van der Waals surface area (Å²) in [6.45, 7) is 3.11. The van der Waals surface area contributed by atoms with Crippen LogP contribution in [0.15, 0.2) is 22.7 Å². The van der Waals surface area contributed by atoms with Crippen molar-refractivity contribution >= 4 is 21.6 Å². The fourth-order valence-electron chi connectivity index (χ4n) is 1.96. The van der Waals surface area contributed by atoms with Gasteiger partial charge in [0.15, 0.2) is 5.82 Å². The molecule has 0 spiro atoms. The first kappa shape index (κ1) is 11.6. The predicted octanol–water partition coefficient (Wildman–Crippen LogP) is 2.48. The van der Waals surface area contributed by atoms with E-state index in [1.54, 1.807) is 0 Å². The zero-order valence-corrected chi connectivity index (χ0v) is 11.7. The molecule has 5 nitrogen and oxygen atoms in total. The smallest absolute Gasteiger partial charge is 0.183 e. The van der Waals surface area contributed by atoms with Gasteiger partial charge in [-0.05, 0) is 56.7 Å². The first-order valence-corrected chi connectivity index (χ1v) is 6.69. The fourth-order valence-corrected chi connectivity index (χ4v) is 2.40. The number of nitrogens with zero attached hydrogens (tertiary/aromatic N) is 4. The van der Waals surface area contributed by atoms with Crippen LogP contribution in [0.5, 0.6) is 0 Å². The molecule has 0 saturated heterocycles. The van der Waals surface area contributed by atoms with Gasteiger partial charge in [-0.2, -0.15) is 0 Å². The van der Waals surface area contributed by atoms with Gasteiger partial charge < -0.3 is 5.73 Å². The highest BCUT2D eigenvalue weighted by Crippen LogP contribution is 2.46. The van der Waals surface area contributed by atoms with Crippen LogP contribution in [0.25, 0.3) is 11.4 Å². The van der Waals surface area contributed by atoms with Crippen molar-refractivity contribution in [1.82, 2.24) is 20.2 Å². The van der Waals surface area contributed by atoms with Crippen LogP contribution in [0.1, 0.15) is 19.8 Å². The maximum absolute atomic E-state index is 5.89. The lowest BCUT2D eigenvalue weighted by Crippen LogP contribution is -2.11. The molecule has 1 aliphatic carbocycles. The molecule has 0 radical (unpaired) electrons. The number of tetrazole rings is 1. The number of benzene rings is 1. The molecule has 1 fully saturated rings. The summed E-state index contributed by atoms with van der Waals surface area (Å²) in [6, 6.07) is 5.73. The second-order valence-electron chi connectivity index (χ2n) is 5.18. The highest BCUT2D eigenvalue weighted by Gasteiger charge is 2.38. The van der Waals surface area contributed by atoms with Crippen LogP contribution in [-0.2, 0) is 6.54 Å². The first-order chi connectivity index (χ1) is 8.59. The topological polar surface area (TPSA) is 69.6 Å². The van der Waals surface area contributed by atoms with Crippen LogP contribution < -0.4 is 5.73 Å². The Bertz CT molecular complexity index is 588. The van der Waals surface area contributed by atoms with Gasteiger partial charge in [0.25, 0.3) is 0 Å². The summed E-state index contributed by atoms with van der Waals surface area (Å²) >= 11 is 3.50. The molecule has 3 rings (SSSR count). The molecule has 1 aliphatic rings. The van der Waals surface area contributed by atoms with Crippen molar-refractivity contribution in [1.29, 1.82) is 0 Å². The largest absolute Gasteiger partial charge is 0.398 e. The molecule has 2 aromatic rings. The quantitative estimate of drug-likeness (QED) is 0.884. The van der Waals surface area contributed by atoms with Gasteiger partial charge in [-0.15, -0.1) is 5.10 Å². The number of nitrogens with two attached hydrogens (primary N) is 1. The third kappa shape index (κ3) is 2.01. The van der Waals surface area contributed by atoms with E-state index >= 15 is 0 Å². The maximum atomic E-state index is 5.89. The van der Waals surface area contributed by atoms with Crippen molar-refractivity contribution in [2.24, 2.45) is 5.41 Å². The molecular formula is C12H14BrN5. The van der Waals surface area contributed by atoms with E-state index in [-0.39, 0.29) is 0 Å². The van der Waals surface area contributed by atoms with E-state index < -0.39 is 0 Å². The number of anilines is 1. The van der Waals surface area contributed by atoms with E-state index in [1.807, 2.05) is 22.9 Å². The summed E-state index contributed by atoms with van der Waals surface area (Å²) < 4.78 is 2.72. The lowest BCUT2D eigenvalue weighted by atomic mass is 10.1. The Hall–Kier alpha value is -1.43. The number of hydrogen-bond donors (Lipinski definition) is 1. The normalized spacial score (nSPS) is 16.8. The average molecular weight is 308 g/mol. The minimum atomic E-state index is 0.358. The number of halogens is 1. The van der Waals surface area contributed by atoms with Crippen LogP contribution >= 0.6 is 15.9 Å². The van der Waals surface area contributed by atoms with Crippen LogP contribution in [0, 0.1) is 5.41 Å². The van der Waals surface area contributed by atoms with Crippen molar-refractivity contribution in [2.75, 3.05) is 5.73 Å². The van der Waals surface area contributed by atoms with E-state index in [4.69, 9.17) is 5.73 Å². The Labute approximate surface area is 113 Å². The zero-order valence-electron chi connectivity index (χ0n) is 10.1. The van der Waals surface area contributed by atoms with Crippen molar-refractivity contribution in [2.45, 2.75) is 26.3 Å². The average Bonchev–Trinajstić information content (AvgIpc) is 2.88. The molecule has 1 heterocycles. The highest BCUT2D eigenvalue weighted by molar-refractivity contribution is 9.10. The molecule has 1 aromatic carbocycles. The van der Waals surface area contributed by atoms with Gasteiger partial charge in [-0.25, -0.2) is 4.68 Å². The van der Waals surface area contributed by atoms with Gasteiger partial charge >= 0.3 is 0 Å². The molecule has 0 unspecified atom stereocenters. The Morgan fingerprint density at radius 3 is 2.94 bits per heavy atom. The minimum Gasteiger partial charge on any atom is -0.398 e. The molecule has 1 aromatic heterocycles. The second-order valence-corrected chi connectivity index (χ2v) is 5.97. The van der Waals surface area contributed by atoms with Gasteiger partial charge in [-0.3, -0.25) is 0 Å². The third-order valence-electron chi connectivity index (χ3n) is 3.44. The maximum Gasteiger partial charge on any atom is 0.183 e. The van der Waals surface area contributed by atoms with Gasteiger partial charge in [0.2, 0.25) is 0 Å². The van der Waals surface area contributed by atoms with Crippen molar-refractivity contribution in [3.05, 3.63) is 22.7 Å². The lowest BCUT2D eigenvalue weighted by Gasteiger charge is -2.11. The highest BCUT2D eigenvalue weighted by atomic mass is 79.9. The number of rotatable bonds is 3. The summed E-state index contributed by atoms with van der Waals surface area (Å²) in [7, 11) is 0. The van der Waals surface area contributed by atoms with Crippen LogP contribution in [0.4, 0.5) is 5.69 Å². The summed E-state index contributed by atoms with van der Waals surface area (Å²) in [5.41, 5.74) is 7.88. The molecule has 0 amide bonds. The van der Waals surface area contributed by atoms with E-state index in [2.05, 4.69) is 38.4 Å². The molecule has 94 valence electrons. The molecule has 0 aliphatic heterocycles. The molecule has 0 atom stereocenters. The van der Waals surface area contributed by atoms with Crippen molar-refractivity contribution in [3.63, 3.8) is 0 Å². The standard InChI is InChI=1S/C12H14BrN5/c1-12(5-6-12)7-18-11(15-16-17-18)8-3-2-4-9(14)10(8)13/h2-4H,5-7,14H2,1H3. The Kier molecular flexibility index (Phi) is 2.62. The van der Waals surface area contributed by atoms with Gasteiger partial charge in [0.05, 0.1) is 11.0 Å². The monoisotopic (exact) mass is 307 g/mol. The SMILES string of the molecule is CC1(Cn2nnnc2-c2cccc(N)c2Br)CC1. The Morgan fingerprint density at radius 2 is 2.22 bits per heavy atom. The second kappa shape index (κ2) is 4.05. The van der Waals surface area contributed by atoms with Gasteiger partial charge in [0.1, 0.15) is 0 Å². The Balaban J connectivity index is 2.01.